The molecule has 1 fully saturated rings. The summed E-state index contributed by atoms with van der Waals surface area (Å²) in [6.45, 7) is -0.382. The van der Waals surface area contributed by atoms with E-state index >= 15 is 0 Å². The Morgan fingerprint density at radius 2 is 1.67 bits per heavy atom. The maximum absolute atomic E-state index is 12.9. The molecule has 0 saturated carbocycles. The zero-order valence-electron chi connectivity index (χ0n) is 12.0. The van der Waals surface area contributed by atoms with Crippen LogP contribution < -0.4 is 4.90 Å². The predicted octanol–water partition coefficient (Wildman–Crippen LogP) is 4.84. The molecule has 0 radical (unpaired) electrons. The van der Waals surface area contributed by atoms with Crippen molar-refractivity contribution in [2.75, 3.05) is 18.0 Å². The van der Waals surface area contributed by atoms with E-state index in [-0.39, 0.29) is 31.6 Å². The van der Waals surface area contributed by atoms with Crippen molar-refractivity contribution in [1.82, 2.24) is 0 Å². The minimum atomic E-state index is -4.80. The second-order valence-corrected chi connectivity index (χ2v) is 5.86. The van der Waals surface area contributed by atoms with Gasteiger partial charge >= 0.3 is 18.3 Å². The molecule has 1 aliphatic rings. The monoisotopic (exact) mass is 375 g/mol. The van der Waals surface area contributed by atoms with Crippen LogP contribution in [0.25, 0.3) is 0 Å². The van der Waals surface area contributed by atoms with Crippen LogP contribution in [-0.2, 0) is 6.18 Å². The largest absolute Gasteiger partial charge is 0.478 e. The van der Waals surface area contributed by atoms with E-state index in [2.05, 4.69) is 0 Å². The number of hydrogen-bond donors (Lipinski definition) is 1. The van der Waals surface area contributed by atoms with Crippen LogP contribution in [0, 0.1) is 5.92 Å². The zero-order valence-corrected chi connectivity index (χ0v) is 12.8. The number of carbonyl (C=O) groups is 1. The van der Waals surface area contributed by atoms with Crippen LogP contribution in [0.4, 0.5) is 32.0 Å². The molecule has 1 aromatic rings. The lowest BCUT2D eigenvalue weighted by Crippen LogP contribution is -2.39. The van der Waals surface area contributed by atoms with Crippen molar-refractivity contribution < 1.29 is 36.2 Å². The van der Waals surface area contributed by atoms with Gasteiger partial charge in [0.15, 0.2) is 0 Å². The summed E-state index contributed by atoms with van der Waals surface area (Å²) in [7, 11) is 0. The van der Waals surface area contributed by atoms with Gasteiger partial charge in [-0.25, -0.2) is 4.79 Å². The molecule has 0 amide bonds. The van der Waals surface area contributed by atoms with Gasteiger partial charge in [-0.15, -0.1) is 0 Å². The molecule has 1 aliphatic heterocycles. The summed E-state index contributed by atoms with van der Waals surface area (Å²) in [5, 5.41) is 8.38. The second kappa shape index (κ2) is 6.34. The highest BCUT2D eigenvalue weighted by atomic mass is 35.5. The summed E-state index contributed by atoms with van der Waals surface area (Å²) >= 11 is 5.50. The van der Waals surface area contributed by atoms with Gasteiger partial charge in [0.05, 0.1) is 27.8 Å². The van der Waals surface area contributed by atoms with Gasteiger partial charge in [-0.3, -0.25) is 0 Å². The van der Waals surface area contributed by atoms with Crippen molar-refractivity contribution in [2.45, 2.75) is 25.2 Å². The van der Waals surface area contributed by atoms with Crippen LogP contribution in [0.15, 0.2) is 12.1 Å². The van der Waals surface area contributed by atoms with Crippen LogP contribution in [0.1, 0.15) is 28.8 Å². The standard InChI is InChI=1S/C14H12ClF6NO2/c15-10-5-8(12(23)24)11(6-9(10)14(19,20)21)22-3-1-7(2-4-22)13(16,17)18/h5-7H,1-4H2,(H,23,24). The molecule has 1 heterocycles. The molecule has 0 bridgehead atoms. The highest BCUT2D eigenvalue weighted by Gasteiger charge is 2.42. The van der Waals surface area contributed by atoms with E-state index < -0.39 is 40.4 Å². The maximum atomic E-state index is 12.9. The first-order chi connectivity index (χ1) is 10.9. The summed E-state index contributed by atoms with van der Waals surface area (Å²) in [4.78, 5) is 12.5. The van der Waals surface area contributed by atoms with Gasteiger partial charge in [-0.2, -0.15) is 26.3 Å². The van der Waals surface area contributed by atoms with Crippen LogP contribution in [-0.4, -0.2) is 30.3 Å². The third-order valence-corrected chi connectivity index (χ3v) is 4.23. The van der Waals surface area contributed by atoms with Crippen LogP contribution in [0.3, 0.4) is 0 Å². The van der Waals surface area contributed by atoms with Crippen LogP contribution in [0.2, 0.25) is 5.02 Å². The number of aromatic carboxylic acids is 1. The van der Waals surface area contributed by atoms with Crippen molar-refractivity contribution in [3.8, 4) is 0 Å². The van der Waals surface area contributed by atoms with E-state index in [1.54, 1.807) is 0 Å². The van der Waals surface area contributed by atoms with Crippen molar-refractivity contribution in [3.05, 3.63) is 28.3 Å². The topological polar surface area (TPSA) is 40.5 Å². The number of halogens is 7. The van der Waals surface area contributed by atoms with Gasteiger partial charge < -0.3 is 10.0 Å². The smallest absolute Gasteiger partial charge is 0.417 e. The number of rotatable bonds is 2. The summed E-state index contributed by atoms with van der Waals surface area (Å²) in [5.41, 5.74) is -1.97. The fraction of sp³-hybridized carbons (Fsp3) is 0.500. The van der Waals surface area contributed by atoms with E-state index in [0.29, 0.717) is 12.1 Å². The van der Waals surface area contributed by atoms with E-state index in [1.807, 2.05) is 0 Å². The Hall–Kier alpha value is -1.64. The number of benzene rings is 1. The predicted molar refractivity (Wildman–Crippen MR) is 74.4 cm³/mol. The summed E-state index contributed by atoms with van der Waals surface area (Å²) in [5.74, 6) is -3.05. The fourth-order valence-corrected chi connectivity index (χ4v) is 2.93. The molecule has 3 nitrogen and oxygen atoms in total. The summed E-state index contributed by atoms with van der Waals surface area (Å²) in [6.07, 6.45) is -9.80. The van der Waals surface area contributed by atoms with Gasteiger partial charge in [0.25, 0.3) is 0 Å². The normalized spacial score (nSPS) is 17.2. The maximum Gasteiger partial charge on any atom is 0.417 e. The average Bonchev–Trinajstić information content (AvgIpc) is 2.44. The van der Waals surface area contributed by atoms with Gasteiger partial charge in [0, 0.05) is 13.1 Å². The molecule has 1 N–H and O–H groups in total. The molecule has 10 heteroatoms. The Kier molecular flexibility index (Phi) is 4.94. The number of alkyl halides is 6. The lowest BCUT2D eigenvalue weighted by molar-refractivity contribution is -0.179. The van der Waals surface area contributed by atoms with Gasteiger partial charge in [-0.05, 0) is 25.0 Å². The molecular formula is C14H12ClF6NO2. The lowest BCUT2D eigenvalue weighted by atomic mass is 9.95. The Morgan fingerprint density at radius 1 is 1.12 bits per heavy atom. The number of anilines is 1. The molecule has 1 aromatic carbocycles. The number of nitrogens with zero attached hydrogens (tertiary/aromatic N) is 1. The first-order valence-electron chi connectivity index (χ1n) is 6.87. The average molecular weight is 376 g/mol. The van der Waals surface area contributed by atoms with E-state index in [0.717, 1.165) is 0 Å². The first-order valence-corrected chi connectivity index (χ1v) is 7.24. The highest BCUT2D eigenvalue weighted by molar-refractivity contribution is 6.32. The van der Waals surface area contributed by atoms with E-state index in [9.17, 15) is 31.1 Å². The number of carboxylic acids is 1. The number of carboxylic acid groups (broad SMARTS) is 1. The van der Waals surface area contributed by atoms with Crippen LogP contribution >= 0.6 is 11.6 Å². The Labute approximate surface area is 137 Å². The summed E-state index contributed by atoms with van der Waals surface area (Å²) in [6, 6.07) is 1.26. The first kappa shape index (κ1) is 18.7. The van der Waals surface area contributed by atoms with Crippen molar-refractivity contribution in [2.24, 2.45) is 5.92 Å². The zero-order chi connectivity index (χ0) is 18.3. The quantitative estimate of drug-likeness (QED) is 0.752. The summed E-state index contributed by atoms with van der Waals surface area (Å²) < 4.78 is 76.9. The fourth-order valence-electron chi connectivity index (χ4n) is 2.66. The van der Waals surface area contributed by atoms with E-state index in [1.165, 1.54) is 4.90 Å². The molecule has 0 aromatic heterocycles. The molecule has 0 spiro atoms. The number of hydrogen-bond acceptors (Lipinski definition) is 2. The molecule has 0 unspecified atom stereocenters. The molecule has 0 aliphatic carbocycles. The van der Waals surface area contributed by atoms with Crippen molar-refractivity contribution >= 4 is 23.3 Å². The van der Waals surface area contributed by atoms with Gasteiger partial charge in [-0.1, -0.05) is 11.6 Å². The highest BCUT2D eigenvalue weighted by Crippen LogP contribution is 2.41. The molecule has 24 heavy (non-hydrogen) atoms. The molecule has 0 atom stereocenters. The molecule has 2 rings (SSSR count). The Morgan fingerprint density at radius 3 is 2.08 bits per heavy atom. The Balaban J connectivity index is 2.37. The van der Waals surface area contributed by atoms with Crippen molar-refractivity contribution in [1.29, 1.82) is 0 Å². The van der Waals surface area contributed by atoms with Gasteiger partial charge in [0.1, 0.15) is 0 Å². The Bertz CT molecular complexity index is 635. The van der Waals surface area contributed by atoms with Crippen LogP contribution in [0.5, 0.6) is 0 Å². The third-order valence-electron chi connectivity index (χ3n) is 3.92. The van der Waals surface area contributed by atoms with Gasteiger partial charge in [0.2, 0.25) is 0 Å². The molecule has 1 saturated heterocycles. The molecular weight excluding hydrogens is 364 g/mol. The van der Waals surface area contributed by atoms with E-state index in [4.69, 9.17) is 16.7 Å². The van der Waals surface area contributed by atoms with Crippen molar-refractivity contribution in [3.63, 3.8) is 0 Å². The molecule has 134 valence electrons. The third kappa shape index (κ3) is 3.88. The number of piperidine rings is 1. The SMILES string of the molecule is O=C(O)c1cc(Cl)c(C(F)(F)F)cc1N1CCC(C(F)(F)F)CC1. The minimum absolute atomic E-state index is 0.191. The lowest BCUT2D eigenvalue weighted by Gasteiger charge is -2.35. The minimum Gasteiger partial charge on any atom is -0.478 e. The second-order valence-electron chi connectivity index (χ2n) is 5.46.